The smallest absolute Gasteiger partial charge is 0.0718 e. The van der Waals surface area contributed by atoms with Gasteiger partial charge in [-0.3, -0.25) is 0 Å². The molecule has 0 aromatic heterocycles. The SMILES string of the molecule is C[C@@H]1SC(=C2SC3=C(SC(=C4SCCS4)S3)S2)S[C@H]1C. The summed E-state index contributed by atoms with van der Waals surface area (Å²) in [5.41, 5.74) is 0. The Morgan fingerprint density at radius 3 is 1.50 bits per heavy atom. The van der Waals surface area contributed by atoms with Gasteiger partial charge < -0.3 is 0 Å². The summed E-state index contributed by atoms with van der Waals surface area (Å²) in [6.45, 7) is 4.70. The van der Waals surface area contributed by atoms with Gasteiger partial charge in [-0.05, 0) is 0 Å². The molecule has 0 unspecified atom stereocenters. The number of rotatable bonds is 0. The second-order valence-corrected chi connectivity index (χ2v) is 15.1. The molecular formula is C12H12S8. The number of hydrogen-bond acceptors (Lipinski definition) is 8. The molecule has 8 heteroatoms. The molecule has 0 aromatic carbocycles. The molecule has 2 saturated heterocycles. The van der Waals surface area contributed by atoms with Crippen molar-refractivity contribution in [1.82, 2.24) is 0 Å². The monoisotopic (exact) mass is 412 g/mol. The first kappa shape index (κ1) is 15.5. The van der Waals surface area contributed by atoms with Crippen LogP contribution in [0.1, 0.15) is 13.8 Å². The van der Waals surface area contributed by atoms with Gasteiger partial charge in [-0.15, -0.1) is 47.0 Å². The van der Waals surface area contributed by atoms with Gasteiger partial charge in [-0.1, -0.05) is 60.9 Å². The molecule has 20 heavy (non-hydrogen) atoms. The fourth-order valence-corrected chi connectivity index (χ4v) is 14.6. The van der Waals surface area contributed by atoms with Crippen molar-refractivity contribution >= 4 is 94.1 Å². The van der Waals surface area contributed by atoms with Crippen molar-refractivity contribution in [2.75, 3.05) is 11.5 Å². The Kier molecular flexibility index (Phi) is 5.05. The van der Waals surface area contributed by atoms with Crippen LogP contribution in [0.25, 0.3) is 0 Å². The maximum absolute atomic E-state index is 2.35. The van der Waals surface area contributed by atoms with Gasteiger partial charge in [0, 0.05) is 22.0 Å². The Balaban J connectivity index is 1.48. The van der Waals surface area contributed by atoms with Crippen LogP contribution in [-0.4, -0.2) is 22.0 Å². The van der Waals surface area contributed by atoms with E-state index in [0.29, 0.717) is 0 Å². The van der Waals surface area contributed by atoms with Crippen molar-refractivity contribution in [2.45, 2.75) is 24.3 Å². The summed E-state index contributed by atoms with van der Waals surface area (Å²) in [4.78, 5) is 0. The van der Waals surface area contributed by atoms with E-state index in [0.717, 1.165) is 10.5 Å². The number of thioether (sulfide) groups is 8. The fraction of sp³-hybridized carbons (Fsp3) is 0.500. The molecule has 0 radical (unpaired) electrons. The maximum Gasteiger partial charge on any atom is 0.0718 e. The summed E-state index contributed by atoms with van der Waals surface area (Å²) in [7, 11) is 0. The van der Waals surface area contributed by atoms with E-state index in [4.69, 9.17) is 0 Å². The Morgan fingerprint density at radius 2 is 1.00 bits per heavy atom. The highest BCUT2D eigenvalue weighted by Crippen LogP contribution is 2.70. The molecular weight excluding hydrogens is 401 g/mol. The van der Waals surface area contributed by atoms with Crippen LogP contribution in [0.3, 0.4) is 0 Å². The molecule has 108 valence electrons. The third kappa shape index (κ3) is 3.01. The van der Waals surface area contributed by atoms with Gasteiger partial charge >= 0.3 is 0 Å². The molecule has 0 aromatic rings. The standard InChI is InChI=1S/C12H12S8/c1-5-6(2)16-9(15-5)10-19-11-12(20-10)18-8(17-11)7-13-3-4-14-7/h5-6H,3-4H2,1-2H3/t5-,6-/m0/s1. The molecule has 0 nitrogen and oxygen atoms in total. The van der Waals surface area contributed by atoms with Crippen LogP contribution in [0.2, 0.25) is 0 Å². The molecule has 0 N–H and O–H groups in total. The van der Waals surface area contributed by atoms with Crippen LogP contribution >= 0.6 is 94.1 Å². The van der Waals surface area contributed by atoms with E-state index in [1.807, 2.05) is 70.6 Å². The van der Waals surface area contributed by atoms with E-state index in [2.05, 4.69) is 37.4 Å². The minimum atomic E-state index is 0.753. The highest BCUT2D eigenvalue weighted by Gasteiger charge is 2.36. The lowest BCUT2D eigenvalue weighted by Gasteiger charge is -2.06. The first-order valence-electron chi connectivity index (χ1n) is 6.24. The second-order valence-electron chi connectivity index (χ2n) is 4.48. The van der Waals surface area contributed by atoms with E-state index >= 15 is 0 Å². The quantitative estimate of drug-likeness (QED) is 0.409. The van der Waals surface area contributed by atoms with Crippen LogP contribution < -0.4 is 0 Å². The molecule has 2 atom stereocenters. The zero-order valence-electron chi connectivity index (χ0n) is 10.8. The van der Waals surface area contributed by atoms with E-state index < -0.39 is 0 Å². The fourth-order valence-electron chi connectivity index (χ4n) is 1.83. The Hall–Kier alpha value is 2.02. The van der Waals surface area contributed by atoms with Crippen molar-refractivity contribution < 1.29 is 0 Å². The highest BCUT2D eigenvalue weighted by molar-refractivity contribution is 8.49. The van der Waals surface area contributed by atoms with E-state index in [-0.39, 0.29) is 0 Å². The van der Waals surface area contributed by atoms with Crippen molar-refractivity contribution in [3.63, 3.8) is 0 Å². The van der Waals surface area contributed by atoms with Crippen LogP contribution in [0.5, 0.6) is 0 Å². The van der Waals surface area contributed by atoms with Gasteiger partial charge in [0.15, 0.2) is 0 Å². The third-order valence-corrected chi connectivity index (χ3v) is 15.6. The van der Waals surface area contributed by atoms with E-state index in [1.165, 1.54) is 24.2 Å². The molecule has 4 aliphatic heterocycles. The van der Waals surface area contributed by atoms with Crippen molar-refractivity contribution in [2.24, 2.45) is 0 Å². The Labute approximate surface area is 154 Å². The Bertz CT molecular complexity index is 504. The minimum absolute atomic E-state index is 0.753. The average Bonchev–Trinajstić information content (AvgIpc) is 3.12. The predicted molar refractivity (Wildman–Crippen MR) is 110 cm³/mol. The minimum Gasteiger partial charge on any atom is -0.117 e. The van der Waals surface area contributed by atoms with Crippen molar-refractivity contribution in [3.8, 4) is 0 Å². The molecule has 0 amide bonds. The zero-order chi connectivity index (χ0) is 13.7. The largest absolute Gasteiger partial charge is 0.117 e. The molecule has 4 rings (SSSR count). The lowest BCUT2D eigenvalue weighted by atomic mass is 10.4. The van der Waals surface area contributed by atoms with E-state index in [9.17, 15) is 0 Å². The average molecular weight is 413 g/mol. The van der Waals surface area contributed by atoms with Crippen LogP contribution in [-0.2, 0) is 0 Å². The molecule has 0 bridgehead atoms. The molecule has 0 aliphatic carbocycles. The van der Waals surface area contributed by atoms with Gasteiger partial charge in [0.25, 0.3) is 0 Å². The summed E-state index contributed by atoms with van der Waals surface area (Å²) in [6.07, 6.45) is 0. The Morgan fingerprint density at radius 1 is 0.600 bits per heavy atom. The number of hydrogen-bond donors (Lipinski definition) is 0. The van der Waals surface area contributed by atoms with Gasteiger partial charge in [-0.2, -0.15) is 0 Å². The summed E-state index contributed by atoms with van der Waals surface area (Å²) >= 11 is 16.3. The molecule has 4 heterocycles. The topological polar surface area (TPSA) is 0 Å². The highest BCUT2D eigenvalue weighted by atomic mass is 32.3. The lowest BCUT2D eigenvalue weighted by molar-refractivity contribution is 0.941. The van der Waals surface area contributed by atoms with Gasteiger partial charge in [0.05, 0.1) is 25.4 Å². The first-order valence-corrected chi connectivity index (χ1v) is 13.2. The van der Waals surface area contributed by atoms with Crippen molar-refractivity contribution in [1.29, 1.82) is 0 Å². The molecule has 4 aliphatic rings. The van der Waals surface area contributed by atoms with E-state index in [1.54, 1.807) is 12.7 Å². The zero-order valence-corrected chi connectivity index (χ0v) is 17.4. The van der Waals surface area contributed by atoms with Crippen molar-refractivity contribution in [3.05, 3.63) is 25.4 Å². The van der Waals surface area contributed by atoms with Gasteiger partial charge in [0.1, 0.15) is 0 Å². The lowest BCUT2D eigenvalue weighted by Crippen LogP contribution is -2.04. The van der Waals surface area contributed by atoms with Crippen LogP contribution in [0.4, 0.5) is 0 Å². The van der Waals surface area contributed by atoms with Crippen LogP contribution in [0.15, 0.2) is 25.4 Å². The summed E-state index contributed by atoms with van der Waals surface area (Å²) in [5, 5.41) is 1.51. The maximum atomic E-state index is 2.35. The third-order valence-electron chi connectivity index (χ3n) is 3.04. The summed E-state index contributed by atoms with van der Waals surface area (Å²) in [5.74, 6) is 2.57. The van der Waals surface area contributed by atoms with Gasteiger partial charge in [-0.25, -0.2) is 0 Å². The molecule has 0 spiro atoms. The second kappa shape index (κ2) is 6.49. The van der Waals surface area contributed by atoms with Crippen LogP contribution in [0, 0.1) is 0 Å². The first-order chi connectivity index (χ1) is 9.70. The molecule has 2 fully saturated rings. The van der Waals surface area contributed by atoms with Gasteiger partial charge in [0.2, 0.25) is 0 Å². The summed E-state index contributed by atoms with van der Waals surface area (Å²) < 4.78 is 9.28. The summed E-state index contributed by atoms with van der Waals surface area (Å²) in [6, 6.07) is 0. The molecule has 0 saturated carbocycles. The normalized spacial score (nSPS) is 33.9. The predicted octanol–water partition coefficient (Wildman–Crippen LogP) is 7.06.